The van der Waals surface area contributed by atoms with Crippen LogP contribution >= 0.6 is 23.2 Å². The molecule has 88 valence electrons. The van der Waals surface area contributed by atoms with Gasteiger partial charge in [-0.25, -0.2) is 0 Å². The zero-order valence-corrected chi connectivity index (χ0v) is 9.92. The SMILES string of the molecule is NC(N)=NNCCOc1cccc(Cl)c1Cl. The number of halogens is 2. The molecule has 0 aliphatic carbocycles. The van der Waals surface area contributed by atoms with Gasteiger partial charge in [0.05, 0.1) is 11.6 Å². The summed E-state index contributed by atoms with van der Waals surface area (Å²) < 4.78 is 5.37. The molecule has 7 heteroatoms. The number of benzene rings is 1. The molecule has 16 heavy (non-hydrogen) atoms. The van der Waals surface area contributed by atoms with Gasteiger partial charge in [-0.05, 0) is 12.1 Å². The maximum absolute atomic E-state index is 5.91. The molecule has 0 aliphatic heterocycles. The Bertz CT molecular complexity index is 380. The first kappa shape index (κ1) is 12.7. The highest BCUT2D eigenvalue weighted by Crippen LogP contribution is 2.31. The van der Waals surface area contributed by atoms with Crippen LogP contribution in [0, 0.1) is 0 Å². The lowest BCUT2D eigenvalue weighted by Gasteiger charge is -2.08. The van der Waals surface area contributed by atoms with Crippen molar-refractivity contribution in [2.24, 2.45) is 16.6 Å². The van der Waals surface area contributed by atoms with Crippen molar-refractivity contribution in [1.29, 1.82) is 0 Å². The number of rotatable bonds is 5. The van der Waals surface area contributed by atoms with E-state index in [0.717, 1.165) is 0 Å². The Morgan fingerprint density at radius 1 is 1.38 bits per heavy atom. The average Bonchev–Trinajstić information content (AvgIpc) is 2.23. The fourth-order valence-electron chi connectivity index (χ4n) is 0.949. The maximum atomic E-state index is 5.91. The van der Waals surface area contributed by atoms with E-state index < -0.39 is 0 Å². The van der Waals surface area contributed by atoms with E-state index in [2.05, 4.69) is 10.5 Å². The molecule has 0 spiro atoms. The normalized spacial score (nSPS) is 9.62. The van der Waals surface area contributed by atoms with Crippen LogP contribution in [0.2, 0.25) is 10.0 Å². The van der Waals surface area contributed by atoms with Crippen LogP contribution < -0.4 is 21.6 Å². The number of guanidine groups is 1. The lowest BCUT2D eigenvalue weighted by atomic mass is 10.3. The van der Waals surface area contributed by atoms with Gasteiger partial charge in [0.15, 0.2) is 0 Å². The molecule has 0 heterocycles. The van der Waals surface area contributed by atoms with Crippen LogP contribution in [0.3, 0.4) is 0 Å². The summed E-state index contributed by atoms with van der Waals surface area (Å²) in [6.07, 6.45) is 0. The molecule has 1 rings (SSSR count). The summed E-state index contributed by atoms with van der Waals surface area (Å²) in [7, 11) is 0. The van der Waals surface area contributed by atoms with E-state index >= 15 is 0 Å². The molecule has 0 saturated carbocycles. The zero-order valence-electron chi connectivity index (χ0n) is 8.41. The molecule has 0 atom stereocenters. The first-order valence-corrected chi connectivity index (χ1v) is 5.25. The molecular weight excluding hydrogens is 251 g/mol. The first-order valence-electron chi connectivity index (χ1n) is 4.49. The smallest absolute Gasteiger partial charge is 0.208 e. The predicted octanol–water partition coefficient (Wildman–Crippen LogP) is 1.15. The minimum absolute atomic E-state index is 0.0270. The van der Waals surface area contributed by atoms with E-state index in [1.54, 1.807) is 18.2 Å². The van der Waals surface area contributed by atoms with Gasteiger partial charge < -0.3 is 21.6 Å². The minimum atomic E-state index is -0.0270. The van der Waals surface area contributed by atoms with Crippen molar-refractivity contribution in [3.05, 3.63) is 28.2 Å². The third-order valence-corrected chi connectivity index (χ3v) is 2.40. The van der Waals surface area contributed by atoms with Crippen LogP contribution in [0.15, 0.2) is 23.3 Å². The van der Waals surface area contributed by atoms with Crippen molar-refractivity contribution < 1.29 is 4.74 Å². The molecule has 5 N–H and O–H groups in total. The fraction of sp³-hybridized carbons (Fsp3) is 0.222. The third kappa shape index (κ3) is 4.04. The van der Waals surface area contributed by atoms with Crippen molar-refractivity contribution in [2.75, 3.05) is 13.2 Å². The molecular formula is C9H12Cl2N4O. The molecule has 5 nitrogen and oxygen atoms in total. The summed E-state index contributed by atoms with van der Waals surface area (Å²) in [5.41, 5.74) is 12.9. The summed E-state index contributed by atoms with van der Waals surface area (Å²) in [6.45, 7) is 0.831. The summed E-state index contributed by atoms with van der Waals surface area (Å²) in [6, 6.07) is 5.18. The number of hydrogen-bond donors (Lipinski definition) is 3. The van der Waals surface area contributed by atoms with E-state index in [-0.39, 0.29) is 5.96 Å². The van der Waals surface area contributed by atoms with Gasteiger partial charge in [0.1, 0.15) is 17.4 Å². The molecule has 1 aromatic carbocycles. The quantitative estimate of drug-likeness (QED) is 0.322. The van der Waals surface area contributed by atoms with Crippen molar-refractivity contribution in [3.8, 4) is 5.75 Å². The van der Waals surface area contributed by atoms with Crippen LogP contribution in [0.5, 0.6) is 5.75 Å². The first-order chi connectivity index (χ1) is 7.61. The highest BCUT2D eigenvalue weighted by molar-refractivity contribution is 6.42. The fourth-order valence-corrected chi connectivity index (χ4v) is 1.30. The summed E-state index contributed by atoms with van der Waals surface area (Å²) in [5.74, 6) is 0.501. The molecule has 1 aromatic rings. The van der Waals surface area contributed by atoms with Gasteiger partial charge in [-0.2, -0.15) is 0 Å². The lowest BCUT2D eigenvalue weighted by molar-refractivity contribution is 0.315. The van der Waals surface area contributed by atoms with Gasteiger partial charge in [-0.15, -0.1) is 5.10 Å². The highest BCUT2D eigenvalue weighted by Gasteiger charge is 2.04. The van der Waals surface area contributed by atoms with E-state index in [9.17, 15) is 0 Å². The Morgan fingerprint density at radius 2 is 2.12 bits per heavy atom. The number of nitrogens with two attached hydrogens (primary N) is 2. The van der Waals surface area contributed by atoms with Crippen LogP contribution in [0.4, 0.5) is 0 Å². The van der Waals surface area contributed by atoms with Gasteiger partial charge in [0.25, 0.3) is 0 Å². The molecule has 0 bridgehead atoms. The van der Waals surface area contributed by atoms with Gasteiger partial charge in [-0.3, -0.25) is 0 Å². The van der Waals surface area contributed by atoms with E-state index in [4.69, 9.17) is 39.4 Å². The van der Waals surface area contributed by atoms with Crippen LogP contribution in [0.25, 0.3) is 0 Å². The largest absolute Gasteiger partial charge is 0.490 e. The second kappa shape index (κ2) is 6.30. The molecule has 0 aromatic heterocycles. The van der Waals surface area contributed by atoms with Crippen LogP contribution in [0.1, 0.15) is 0 Å². The second-order valence-corrected chi connectivity index (χ2v) is 3.63. The molecule has 0 radical (unpaired) electrons. The maximum Gasteiger partial charge on any atom is 0.208 e. The van der Waals surface area contributed by atoms with E-state index in [0.29, 0.717) is 28.9 Å². The standard InChI is InChI=1S/C9H12Cl2N4O/c10-6-2-1-3-7(8(6)11)16-5-4-14-15-9(12)13/h1-3,14H,4-5H2,(H4,12,13,15). The zero-order chi connectivity index (χ0) is 12.0. The Hall–Kier alpha value is -1.33. The Labute approximate surface area is 103 Å². The minimum Gasteiger partial charge on any atom is -0.490 e. The van der Waals surface area contributed by atoms with Gasteiger partial charge in [0.2, 0.25) is 5.96 Å². The lowest BCUT2D eigenvalue weighted by Crippen LogP contribution is -2.27. The molecule has 0 unspecified atom stereocenters. The van der Waals surface area contributed by atoms with Crippen molar-refractivity contribution in [1.82, 2.24) is 5.43 Å². The number of nitrogens with zero attached hydrogens (tertiary/aromatic N) is 1. The summed E-state index contributed by atoms with van der Waals surface area (Å²) >= 11 is 11.7. The Kier molecular flexibility index (Phi) is 5.01. The third-order valence-electron chi connectivity index (χ3n) is 1.60. The van der Waals surface area contributed by atoms with Crippen LogP contribution in [-0.2, 0) is 0 Å². The number of hydrogen-bond acceptors (Lipinski definition) is 3. The predicted molar refractivity (Wildman–Crippen MR) is 65.8 cm³/mol. The molecule has 0 fully saturated rings. The van der Waals surface area contributed by atoms with Gasteiger partial charge >= 0.3 is 0 Å². The molecule has 0 saturated heterocycles. The van der Waals surface area contributed by atoms with E-state index in [1.165, 1.54) is 0 Å². The number of hydrazone groups is 1. The molecule has 0 amide bonds. The van der Waals surface area contributed by atoms with Crippen molar-refractivity contribution in [2.45, 2.75) is 0 Å². The summed E-state index contributed by atoms with van der Waals surface area (Å²) in [5, 5.41) is 4.43. The van der Waals surface area contributed by atoms with Crippen LogP contribution in [-0.4, -0.2) is 19.1 Å². The van der Waals surface area contributed by atoms with Crippen molar-refractivity contribution in [3.63, 3.8) is 0 Å². The summed E-state index contributed by atoms with van der Waals surface area (Å²) in [4.78, 5) is 0. The average molecular weight is 263 g/mol. The van der Waals surface area contributed by atoms with Crippen molar-refractivity contribution >= 4 is 29.2 Å². The highest BCUT2D eigenvalue weighted by atomic mass is 35.5. The monoisotopic (exact) mass is 262 g/mol. The number of ether oxygens (including phenoxy) is 1. The second-order valence-electron chi connectivity index (χ2n) is 2.85. The topological polar surface area (TPSA) is 85.7 Å². The van der Waals surface area contributed by atoms with E-state index in [1.807, 2.05) is 0 Å². The van der Waals surface area contributed by atoms with Gasteiger partial charge in [0, 0.05) is 0 Å². The molecule has 0 aliphatic rings. The Balaban J connectivity index is 2.38. The Morgan fingerprint density at radius 3 is 2.81 bits per heavy atom. The van der Waals surface area contributed by atoms with Gasteiger partial charge in [-0.1, -0.05) is 29.3 Å². The number of nitrogens with one attached hydrogen (secondary N) is 1.